The highest BCUT2D eigenvalue weighted by Crippen LogP contribution is 2.27. The van der Waals surface area contributed by atoms with Crippen LogP contribution >= 0.6 is 0 Å². The molecule has 2 aromatic carbocycles. The monoisotopic (exact) mass is 342 g/mol. The summed E-state index contributed by atoms with van der Waals surface area (Å²) in [6.45, 7) is 4.24. The average Bonchev–Trinajstić information content (AvgIpc) is 3.34. The predicted octanol–water partition coefficient (Wildman–Crippen LogP) is 3.75. The lowest BCUT2D eigenvalue weighted by atomic mass is 10.1. The minimum absolute atomic E-state index is 0.360. The van der Waals surface area contributed by atoms with Crippen LogP contribution in [-0.2, 0) is 0 Å². The van der Waals surface area contributed by atoms with E-state index in [4.69, 9.17) is 4.52 Å². The zero-order chi connectivity index (χ0) is 17.9. The highest BCUT2D eigenvalue weighted by Gasteiger charge is 2.13. The standard InChI is InChI=1S/C19H14N6O/c1-2-7-21-16-5-4-13(9-14(16)10-20)19-23-18(25-26-19)12-3-6-17-15(8-12)11-22-24-17/h2-6,8-9,11,21H,1,7H2,(H,22,24). The van der Waals surface area contributed by atoms with E-state index in [1.54, 1.807) is 18.3 Å². The van der Waals surface area contributed by atoms with Gasteiger partial charge in [0, 0.05) is 23.1 Å². The van der Waals surface area contributed by atoms with Crippen molar-refractivity contribution in [1.82, 2.24) is 20.3 Å². The number of rotatable bonds is 5. The Morgan fingerprint density at radius 3 is 2.96 bits per heavy atom. The molecule has 2 N–H and O–H groups in total. The third kappa shape index (κ3) is 2.80. The van der Waals surface area contributed by atoms with Crippen LogP contribution in [0, 0.1) is 11.3 Å². The summed E-state index contributed by atoms with van der Waals surface area (Å²) < 4.78 is 5.39. The SMILES string of the molecule is C=CCNc1ccc(-c2nc(-c3ccc4[nH]ncc4c3)no2)cc1C#N. The molecule has 0 fully saturated rings. The first-order valence-electron chi connectivity index (χ1n) is 7.95. The Labute approximate surface area is 149 Å². The molecule has 0 unspecified atom stereocenters. The average molecular weight is 342 g/mol. The zero-order valence-corrected chi connectivity index (χ0v) is 13.7. The van der Waals surface area contributed by atoms with E-state index in [1.165, 1.54) is 0 Å². The Bertz CT molecular complexity index is 1130. The van der Waals surface area contributed by atoms with Gasteiger partial charge in [0.25, 0.3) is 5.89 Å². The first-order chi connectivity index (χ1) is 12.8. The summed E-state index contributed by atoms with van der Waals surface area (Å²) in [4.78, 5) is 4.45. The molecule has 2 aromatic heterocycles. The molecule has 0 saturated carbocycles. The second-order valence-electron chi connectivity index (χ2n) is 5.64. The Morgan fingerprint density at radius 1 is 1.23 bits per heavy atom. The summed E-state index contributed by atoms with van der Waals surface area (Å²) in [5.74, 6) is 0.842. The number of fused-ring (bicyclic) bond motifs is 1. The van der Waals surface area contributed by atoms with Crippen LogP contribution in [0.15, 0.2) is 59.8 Å². The van der Waals surface area contributed by atoms with E-state index < -0.39 is 0 Å². The summed E-state index contributed by atoms with van der Waals surface area (Å²) in [5.41, 5.74) is 3.71. The van der Waals surface area contributed by atoms with E-state index in [0.717, 1.165) is 22.2 Å². The van der Waals surface area contributed by atoms with Crippen molar-refractivity contribution in [2.24, 2.45) is 0 Å². The van der Waals surface area contributed by atoms with Gasteiger partial charge < -0.3 is 9.84 Å². The van der Waals surface area contributed by atoms with Gasteiger partial charge in [0.1, 0.15) is 6.07 Å². The van der Waals surface area contributed by atoms with Crippen molar-refractivity contribution in [2.75, 3.05) is 11.9 Å². The largest absolute Gasteiger partial charge is 0.381 e. The highest BCUT2D eigenvalue weighted by atomic mass is 16.5. The molecule has 7 nitrogen and oxygen atoms in total. The molecule has 0 aliphatic heterocycles. The molecule has 7 heteroatoms. The fraction of sp³-hybridized carbons (Fsp3) is 0.0526. The zero-order valence-electron chi connectivity index (χ0n) is 13.7. The molecule has 4 aromatic rings. The molecule has 0 amide bonds. The second-order valence-corrected chi connectivity index (χ2v) is 5.64. The number of aromatic amines is 1. The quantitative estimate of drug-likeness (QED) is 0.535. The van der Waals surface area contributed by atoms with E-state index in [9.17, 15) is 5.26 Å². The number of hydrogen-bond donors (Lipinski definition) is 2. The highest BCUT2D eigenvalue weighted by molar-refractivity contribution is 5.82. The Kier molecular flexibility index (Phi) is 3.92. The van der Waals surface area contributed by atoms with Gasteiger partial charge in [-0.3, -0.25) is 5.10 Å². The fourth-order valence-electron chi connectivity index (χ4n) is 2.65. The number of hydrogen-bond acceptors (Lipinski definition) is 6. The van der Waals surface area contributed by atoms with Crippen molar-refractivity contribution in [3.63, 3.8) is 0 Å². The van der Waals surface area contributed by atoms with Crippen molar-refractivity contribution in [3.8, 4) is 28.9 Å². The van der Waals surface area contributed by atoms with Crippen LogP contribution in [0.25, 0.3) is 33.7 Å². The number of nitrogens with one attached hydrogen (secondary N) is 2. The summed E-state index contributed by atoms with van der Waals surface area (Å²) in [6.07, 6.45) is 3.48. The molecule has 126 valence electrons. The number of H-pyrrole nitrogens is 1. The maximum Gasteiger partial charge on any atom is 0.258 e. The maximum atomic E-state index is 9.36. The molecule has 4 rings (SSSR count). The molecule has 0 radical (unpaired) electrons. The van der Waals surface area contributed by atoms with Gasteiger partial charge in [-0.2, -0.15) is 15.3 Å². The lowest BCUT2D eigenvalue weighted by Gasteiger charge is -2.06. The molecule has 2 heterocycles. The van der Waals surface area contributed by atoms with E-state index in [-0.39, 0.29) is 0 Å². The predicted molar refractivity (Wildman–Crippen MR) is 98.2 cm³/mol. The third-order valence-electron chi connectivity index (χ3n) is 3.95. The first-order valence-corrected chi connectivity index (χ1v) is 7.95. The van der Waals surface area contributed by atoms with Crippen molar-refractivity contribution in [1.29, 1.82) is 5.26 Å². The summed E-state index contributed by atoms with van der Waals surface area (Å²) in [6, 6.07) is 13.3. The van der Waals surface area contributed by atoms with Crippen LogP contribution in [0.2, 0.25) is 0 Å². The van der Waals surface area contributed by atoms with Gasteiger partial charge in [-0.15, -0.1) is 6.58 Å². The van der Waals surface area contributed by atoms with Crippen LogP contribution in [-0.4, -0.2) is 26.9 Å². The molecule has 0 bridgehead atoms. The van der Waals surface area contributed by atoms with Gasteiger partial charge in [-0.05, 0) is 36.4 Å². The number of nitrogens with zero attached hydrogens (tertiary/aromatic N) is 4. The fourth-order valence-corrected chi connectivity index (χ4v) is 2.65. The van der Waals surface area contributed by atoms with Gasteiger partial charge in [-0.25, -0.2) is 0 Å². The summed E-state index contributed by atoms with van der Waals surface area (Å²) in [5, 5.41) is 24.4. The number of benzene rings is 2. The van der Waals surface area contributed by atoms with Crippen LogP contribution in [0.4, 0.5) is 5.69 Å². The molecule has 0 aliphatic rings. The van der Waals surface area contributed by atoms with Gasteiger partial charge in [0.15, 0.2) is 0 Å². The van der Waals surface area contributed by atoms with Gasteiger partial charge in [0.2, 0.25) is 5.82 Å². The minimum Gasteiger partial charge on any atom is -0.381 e. The molecular formula is C19H14N6O. The van der Waals surface area contributed by atoms with E-state index >= 15 is 0 Å². The molecular weight excluding hydrogens is 328 g/mol. The lowest BCUT2D eigenvalue weighted by Crippen LogP contribution is -2.00. The van der Waals surface area contributed by atoms with Crippen LogP contribution in [0.3, 0.4) is 0 Å². The van der Waals surface area contributed by atoms with Gasteiger partial charge in [0.05, 0.1) is 23.0 Å². The molecule has 0 saturated heterocycles. The molecule has 26 heavy (non-hydrogen) atoms. The Morgan fingerprint density at radius 2 is 2.12 bits per heavy atom. The van der Waals surface area contributed by atoms with Crippen molar-refractivity contribution < 1.29 is 4.52 Å². The van der Waals surface area contributed by atoms with Crippen molar-refractivity contribution >= 4 is 16.6 Å². The van der Waals surface area contributed by atoms with Crippen molar-refractivity contribution in [2.45, 2.75) is 0 Å². The third-order valence-corrected chi connectivity index (χ3v) is 3.95. The molecule has 0 aliphatic carbocycles. The van der Waals surface area contributed by atoms with Gasteiger partial charge in [-0.1, -0.05) is 11.2 Å². The van der Waals surface area contributed by atoms with Crippen LogP contribution in [0.1, 0.15) is 5.56 Å². The van der Waals surface area contributed by atoms with E-state index in [2.05, 4.69) is 38.3 Å². The smallest absolute Gasteiger partial charge is 0.258 e. The first kappa shape index (κ1) is 15.6. The molecule has 0 spiro atoms. The van der Waals surface area contributed by atoms with Crippen LogP contribution < -0.4 is 5.32 Å². The van der Waals surface area contributed by atoms with Gasteiger partial charge >= 0.3 is 0 Å². The topological polar surface area (TPSA) is 103 Å². The number of aromatic nitrogens is 4. The Hall–Kier alpha value is -3.92. The van der Waals surface area contributed by atoms with Crippen molar-refractivity contribution in [3.05, 3.63) is 60.8 Å². The second kappa shape index (κ2) is 6.53. The summed E-state index contributed by atoms with van der Waals surface area (Å²) in [7, 11) is 0. The Balaban J connectivity index is 1.67. The van der Waals surface area contributed by atoms with E-state index in [0.29, 0.717) is 29.4 Å². The number of nitriles is 1. The lowest BCUT2D eigenvalue weighted by molar-refractivity contribution is 0.432. The normalized spacial score (nSPS) is 10.6. The van der Waals surface area contributed by atoms with Crippen LogP contribution in [0.5, 0.6) is 0 Å². The van der Waals surface area contributed by atoms with E-state index in [1.807, 2.05) is 30.3 Å². The summed E-state index contributed by atoms with van der Waals surface area (Å²) >= 11 is 0. The number of anilines is 1. The molecule has 0 atom stereocenters. The minimum atomic E-state index is 0.360. The maximum absolute atomic E-state index is 9.36.